The van der Waals surface area contributed by atoms with Crippen LogP contribution in [0.1, 0.15) is 5.56 Å². The minimum absolute atomic E-state index is 0.275. The minimum atomic E-state index is -7.34. The van der Waals surface area contributed by atoms with E-state index in [0.717, 1.165) is 12.5 Å². The SMILES string of the molecule is COc1ccc(CS(C)(C)OS(=O)(=O)C(F)(F)C(F)(F)C(F)(F)C(F)(F)F)cc1. The summed E-state index contributed by atoms with van der Waals surface area (Å²) < 4.78 is 149. The Morgan fingerprint density at radius 3 is 1.66 bits per heavy atom. The van der Waals surface area contributed by atoms with Gasteiger partial charge in [0.15, 0.2) is 0 Å². The van der Waals surface area contributed by atoms with Gasteiger partial charge in [-0.25, -0.2) is 3.63 Å². The van der Waals surface area contributed by atoms with Gasteiger partial charge in [0.2, 0.25) is 0 Å². The molecule has 0 radical (unpaired) electrons. The highest BCUT2D eigenvalue weighted by molar-refractivity contribution is 8.31. The third-order valence-corrected chi connectivity index (χ3v) is 7.48. The zero-order valence-corrected chi connectivity index (χ0v) is 16.5. The van der Waals surface area contributed by atoms with Crippen LogP contribution in [0.15, 0.2) is 24.3 Å². The van der Waals surface area contributed by atoms with Crippen molar-refractivity contribution in [2.24, 2.45) is 0 Å². The second kappa shape index (κ2) is 7.72. The second-order valence-electron chi connectivity index (χ2n) is 6.11. The standard InChI is InChI=1S/C14H15F9O4S2/c1-26-10-6-4-9(5-7-10)8-28(2,3)27-29(24,25)14(22,23)12(17,18)11(15,16)13(19,20)21/h4-7H,8H2,1-3H3. The van der Waals surface area contributed by atoms with Crippen molar-refractivity contribution in [2.45, 2.75) is 29.0 Å². The summed E-state index contributed by atoms with van der Waals surface area (Å²) in [5.74, 6) is -14.7. The van der Waals surface area contributed by atoms with Crippen LogP contribution in [0, 0.1) is 0 Å². The Labute approximate surface area is 161 Å². The van der Waals surface area contributed by atoms with Crippen LogP contribution in [0.5, 0.6) is 5.75 Å². The molecule has 0 fully saturated rings. The lowest BCUT2D eigenvalue weighted by Gasteiger charge is -2.36. The fraction of sp³-hybridized carbons (Fsp3) is 0.571. The molecule has 1 rings (SSSR count). The maximum absolute atomic E-state index is 13.7. The van der Waals surface area contributed by atoms with Crippen molar-refractivity contribution in [3.05, 3.63) is 29.8 Å². The molecule has 29 heavy (non-hydrogen) atoms. The van der Waals surface area contributed by atoms with Gasteiger partial charge in [0.25, 0.3) is 0 Å². The number of methoxy groups -OCH3 is 1. The molecule has 170 valence electrons. The summed E-state index contributed by atoms with van der Waals surface area (Å²) in [4.78, 5) is 0. The highest BCUT2D eigenvalue weighted by atomic mass is 32.3. The molecule has 0 saturated heterocycles. The van der Waals surface area contributed by atoms with Crippen LogP contribution in [0.2, 0.25) is 0 Å². The minimum Gasteiger partial charge on any atom is -0.497 e. The summed E-state index contributed by atoms with van der Waals surface area (Å²) in [5, 5.41) is -6.87. The molecule has 0 bridgehead atoms. The van der Waals surface area contributed by atoms with Gasteiger partial charge >= 0.3 is 33.4 Å². The Hall–Kier alpha value is -1.35. The number of ether oxygens (including phenoxy) is 1. The monoisotopic (exact) mass is 482 g/mol. The molecule has 15 heteroatoms. The van der Waals surface area contributed by atoms with E-state index in [9.17, 15) is 47.9 Å². The number of halogens is 9. The van der Waals surface area contributed by atoms with Crippen molar-refractivity contribution in [2.75, 3.05) is 19.6 Å². The highest BCUT2D eigenvalue weighted by Crippen LogP contribution is 2.57. The highest BCUT2D eigenvalue weighted by Gasteiger charge is 2.86. The van der Waals surface area contributed by atoms with Crippen molar-refractivity contribution in [3.63, 3.8) is 0 Å². The predicted octanol–water partition coefficient (Wildman–Crippen LogP) is 4.95. The van der Waals surface area contributed by atoms with E-state index in [4.69, 9.17) is 4.74 Å². The summed E-state index contributed by atoms with van der Waals surface area (Å²) >= 11 is 0. The van der Waals surface area contributed by atoms with Crippen LogP contribution in [0.4, 0.5) is 39.5 Å². The van der Waals surface area contributed by atoms with Crippen LogP contribution in [-0.2, 0) is 19.5 Å². The van der Waals surface area contributed by atoms with Gasteiger partial charge in [0, 0.05) is 5.75 Å². The molecule has 0 aliphatic rings. The van der Waals surface area contributed by atoms with E-state index in [0.29, 0.717) is 5.75 Å². The van der Waals surface area contributed by atoms with Gasteiger partial charge in [-0.1, -0.05) is 12.1 Å². The van der Waals surface area contributed by atoms with E-state index in [1.54, 1.807) is 0 Å². The van der Waals surface area contributed by atoms with Gasteiger partial charge < -0.3 is 4.74 Å². The van der Waals surface area contributed by atoms with Crippen molar-refractivity contribution >= 4 is 20.4 Å². The van der Waals surface area contributed by atoms with Gasteiger partial charge in [0.05, 0.1) is 7.11 Å². The molecule has 0 atom stereocenters. The van der Waals surface area contributed by atoms with Crippen molar-refractivity contribution in [1.29, 1.82) is 0 Å². The largest absolute Gasteiger partial charge is 0.497 e. The van der Waals surface area contributed by atoms with Crippen LogP contribution < -0.4 is 4.74 Å². The zero-order chi connectivity index (χ0) is 23.1. The molecule has 1 aromatic rings. The zero-order valence-electron chi connectivity index (χ0n) is 14.9. The van der Waals surface area contributed by atoms with E-state index in [1.165, 1.54) is 31.4 Å². The molecule has 0 spiro atoms. The van der Waals surface area contributed by atoms with Crippen LogP contribution >= 0.6 is 10.3 Å². The van der Waals surface area contributed by atoms with E-state index >= 15 is 0 Å². The first-order valence-electron chi connectivity index (χ1n) is 7.21. The normalized spacial score (nSPS) is 15.3. The van der Waals surface area contributed by atoms with Crippen LogP contribution in [0.25, 0.3) is 0 Å². The predicted molar refractivity (Wildman–Crippen MR) is 87.0 cm³/mol. The molecule has 0 amide bonds. The van der Waals surface area contributed by atoms with Crippen LogP contribution in [0.3, 0.4) is 0 Å². The summed E-state index contributed by atoms with van der Waals surface area (Å²) in [6, 6.07) is 5.50. The lowest BCUT2D eigenvalue weighted by Crippen LogP contribution is -2.63. The molecule has 0 unspecified atom stereocenters. The number of hydrogen-bond donors (Lipinski definition) is 0. The maximum Gasteiger partial charge on any atom is 0.460 e. The van der Waals surface area contributed by atoms with Crippen molar-refractivity contribution < 1.29 is 56.3 Å². The van der Waals surface area contributed by atoms with Crippen molar-refractivity contribution in [1.82, 2.24) is 0 Å². The first kappa shape index (κ1) is 25.7. The van der Waals surface area contributed by atoms with E-state index in [1.807, 2.05) is 0 Å². The lowest BCUT2D eigenvalue weighted by molar-refractivity contribution is -0.382. The molecule has 0 heterocycles. The summed E-state index contributed by atoms with van der Waals surface area (Å²) in [7, 11) is -8.77. The fourth-order valence-electron chi connectivity index (χ4n) is 1.95. The molecule has 0 saturated carbocycles. The van der Waals surface area contributed by atoms with Crippen molar-refractivity contribution in [3.8, 4) is 5.75 Å². The Balaban J connectivity index is 3.21. The first-order chi connectivity index (χ1) is 12.7. The second-order valence-corrected chi connectivity index (χ2v) is 11.2. The summed E-state index contributed by atoms with van der Waals surface area (Å²) in [6.45, 7) is 0. The molecule has 0 aliphatic heterocycles. The molecule has 1 aromatic carbocycles. The van der Waals surface area contributed by atoms with E-state index < -0.39 is 49.5 Å². The van der Waals surface area contributed by atoms with Gasteiger partial charge in [0.1, 0.15) is 5.75 Å². The Bertz CT molecular complexity index is 818. The Morgan fingerprint density at radius 2 is 1.28 bits per heavy atom. The maximum atomic E-state index is 13.7. The fourth-order valence-corrected chi connectivity index (χ4v) is 5.86. The lowest BCUT2D eigenvalue weighted by atomic mass is 10.1. The third-order valence-electron chi connectivity index (χ3n) is 3.38. The molecule has 4 nitrogen and oxygen atoms in total. The topological polar surface area (TPSA) is 52.6 Å². The van der Waals surface area contributed by atoms with E-state index in [2.05, 4.69) is 3.63 Å². The van der Waals surface area contributed by atoms with Gasteiger partial charge in [-0.05, 0) is 30.2 Å². The van der Waals surface area contributed by atoms with Gasteiger partial charge in [-0.3, -0.25) is 0 Å². The smallest absolute Gasteiger partial charge is 0.460 e. The number of rotatable bonds is 8. The van der Waals surface area contributed by atoms with E-state index in [-0.39, 0.29) is 5.56 Å². The number of benzene rings is 1. The number of hydrogen-bond acceptors (Lipinski definition) is 4. The van der Waals surface area contributed by atoms with Gasteiger partial charge in [-0.2, -0.15) is 47.9 Å². The third kappa shape index (κ3) is 4.87. The summed E-state index contributed by atoms with van der Waals surface area (Å²) in [6.07, 6.45) is -5.29. The molecule has 0 aromatic heterocycles. The molecular formula is C14H15F9O4S2. The molecule has 0 aliphatic carbocycles. The molecular weight excluding hydrogens is 467 g/mol. The first-order valence-corrected chi connectivity index (χ1v) is 11.2. The quantitative estimate of drug-likeness (QED) is 0.493. The summed E-state index contributed by atoms with van der Waals surface area (Å²) in [5.41, 5.74) is 0.275. The Morgan fingerprint density at radius 1 is 0.828 bits per heavy atom. The number of alkyl halides is 9. The van der Waals surface area contributed by atoms with Crippen LogP contribution in [-0.4, -0.2) is 51.3 Å². The average Bonchev–Trinajstić information content (AvgIpc) is 2.52. The molecule has 0 N–H and O–H groups in total. The average molecular weight is 482 g/mol. The Kier molecular flexibility index (Phi) is 6.84. The van der Waals surface area contributed by atoms with Gasteiger partial charge in [-0.15, -0.1) is 10.3 Å².